The van der Waals surface area contributed by atoms with E-state index in [-0.39, 0.29) is 17.8 Å². The van der Waals surface area contributed by atoms with Crippen LogP contribution < -0.4 is 20.7 Å². The van der Waals surface area contributed by atoms with Crippen molar-refractivity contribution in [1.29, 1.82) is 0 Å². The van der Waals surface area contributed by atoms with Gasteiger partial charge in [-0.3, -0.25) is 9.59 Å². The fraction of sp³-hybridized carbons (Fsp3) is 0.531. The number of nitrogens with one attached hydrogen (secondary N) is 3. The van der Waals surface area contributed by atoms with Crippen LogP contribution in [0.1, 0.15) is 64.0 Å². The van der Waals surface area contributed by atoms with Gasteiger partial charge in [0.2, 0.25) is 11.8 Å². The summed E-state index contributed by atoms with van der Waals surface area (Å²) in [6.45, 7) is 7.59. The van der Waals surface area contributed by atoms with Crippen LogP contribution in [0.25, 0.3) is 0 Å². The predicted molar refractivity (Wildman–Crippen MR) is 166 cm³/mol. The van der Waals surface area contributed by atoms with Gasteiger partial charge in [-0.05, 0) is 75.3 Å². The molecule has 0 saturated carbocycles. The Kier molecular flexibility index (Phi) is 12.8. The maximum atomic E-state index is 13.5. The summed E-state index contributed by atoms with van der Waals surface area (Å²) in [6, 6.07) is 15.8. The van der Waals surface area contributed by atoms with Crippen molar-refractivity contribution in [3.8, 4) is 5.75 Å². The fourth-order valence-corrected chi connectivity index (χ4v) is 5.13. The average Bonchev–Trinajstić information content (AvgIpc) is 3.24. The maximum absolute atomic E-state index is 13.5. The average molecular weight is 583 g/mol. The first-order valence-electron chi connectivity index (χ1n) is 14.6. The highest BCUT2D eigenvalue weighted by molar-refractivity contribution is 7.98. The molecule has 224 valence electrons. The minimum atomic E-state index is -0.801. The van der Waals surface area contributed by atoms with E-state index in [1.54, 1.807) is 16.7 Å². The van der Waals surface area contributed by atoms with E-state index in [0.29, 0.717) is 38.3 Å². The molecule has 1 aliphatic rings. The molecule has 0 radical (unpaired) electrons. The summed E-state index contributed by atoms with van der Waals surface area (Å²) < 4.78 is 5.90. The number of likely N-dealkylation sites (tertiary alicyclic amines) is 1. The third-order valence-electron chi connectivity index (χ3n) is 6.86. The molecular weight excluding hydrogens is 536 g/mol. The van der Waals surface area contributed by atoms with E-state index in [0.717, 1.165) is 42.6 Å². The van der Waals surface area contributed by atoms with Gasteiger partial charge in [0.05, 0.1) is 0 Å². The van der Waals surface area contributed by atoms with Crippen LogP contribution in [-0.2, 0) is 22.6 Å². The van der Waals surface area contributed by atoms with E-state index in [9.17, 15) is 14.4 Å². The van der Waals surface area contributed by atoms with E-state index in [4.69, 9.17) is 4.74 Å². The molecule has 9 heteroatoms. The third kappa shape index (κ3) is 11.7. The van der Waals surface area contributed by atoms with Crippen LogP contribution in [0, 0.1) is 0 Å². The highest BCUT2D eigenvalue weighted by Gasteiger charge is 2.29. The van der Waals surface area contributed by atoms with Crippen molar-refractivity contribution in [2.45, 2.75) is 83.5 Å². The zero-order chi connectivity index (χ0) is 29.7. The lowest BCUT2D eigenvalue weighted by Crippen LogP contribution is -2.58. The molecule has 41 heavy (non-hydrogen) atoms. The zero-order valence-corrected chi connectivity index (χ0v) is 25.7. The summed E-state index contributed by atoms with van der Waals surface area (Å²) in [5, 5.41) is 8.91. The van der Waals surface area contributed by atoms with Crippen LogP contribution in [0.3, 0.4) is 0 Å². The van der Waals surface area contributed by atoms with Crippen molar-refractivity contribution in [1.82, 2.24) is 20.9 Å². The van der Waals surface area contributed by atoms with E-state index < -0.39 is 17.6 Å². The number of carbonyl (C=O) groups excluding carboxylic acids is 3. The van der Waals surface area contributed by atoms with Crippen molar-refractivity contribution in [3.63, 3.8) is 0 Å². The molecule has 3 rings (SSSR count). The molecule has 1 saturated heterocycles. The van der Waals surface area contributed by atoms with Gasteiger partial charge in [-0.1, -0.05) is 55.3 Å². The molecule has 0 bridgehead atoms. The van der Waals surface area contributed by atoms with Gasteiger partial charge < -0.3 is 25.6 Å². The van der Waals surface area contributed by atoms with Gasteiger partial charge in [0.15, 0.2) is 0 Å². The molecule has 0 aliphatic carbocycles. The molecule has 0 unspecified atom stereocenters. The van der Waals surface area contributed by atoms with Crippen molar-refractivity contribution in [2.24, 2.45) is 0 Å². The first-order chi connectivity index (χ1) is 19.6. The van der Waals surface area contributed by atoms with E-state index >= 15 is 0 Å². The number of nitrogens with zero attached hydrogens (tertiary/aromatic N) is 1. The van der Waals surface area contributed by atoms with Crippen LogP contribution in [0.4, 0.5) is 4.79 Å². The summed E-state index contributed by atoms with van der Waals surface area (Å²) in [7, 11) is 0. The quantitative estimate of drug-likeness (QED) is 0.330. The Morgan fingerprint density at radius 3 is 2.12 bits per heavy atom. The summed E-state index contributed by atoms with van der Waals surface area (Å²) in [4.78, 5) is 41.7. The Hall–Kier alpha value is -3.20. The Balaban J connectivity index is 1.69. The molecule has 0 spiro atoms. The van der Waals surface area contributed by atoms with Crippen LogP contribution in [0.5, 0.6) is 5.75 Å². The topological polar surface area (TPSA) is 99.8 Å². The molecule has 2 aromatic rings. The summed E-state index contributed by atoms with van der Waals surface area (Å²) in [6.07, 6.45) is 6.93. The largest absolute Gasteiger partial charge is 0.489 e. The molecule has 8 nitrogen and oxygen atoms in total. The Morgan fingerprint density at radius 2 is 1.51 bits per heavy atom. The van der Waals surface area contributed by atoms with Crippen LogP contribution in [0.15, 0.2) is 54.6 Å². The van der Waals surface area contributed by atoms with Crippen LogP contribution in [-0.4, -0.2) is 65.5 Å². The van der Waals surface area contributed by atoms with Gasteiger partial charge >= 0.3 is 6.03 Å². The lowest BCUT2D eigenvalue weighted by molar-refractivity contribution is -0.130. The van der Waals surface area contributed by atoms with Crippen LogP contribution >= 0.6 is 11.8 Å². The minimum Gasteiger partial charge on any atom is -0.489 e. The lowest BCUT2D eigenvalue weighted by Gasteiger charge is -2.28. The maximum Gasteiger partial charge on any atom is 0.318 e. The number of benzene rings is 2. The van der Waals surface area contributed by atoms with Gasteiger partial charge in [-0.2, -0.15) is 11.8 Å². The number of hydrogen-bond acceptors (Lipinski definition) is 5. The number of ether oxygens (including phenoxy) is 1. The number of carbonyl (C=O) groups is 3. The number of hydrogen-bond donors (Lipinski definition) is 3. The molecular formula is C32H46N4O4S. The Morgan fingerprint density at radius 1 is 0.854 bits per heavy atom. The summed E-state index contributed by atoms with van der Waals surface area (Å²) in [5.74, 6) is 0.823. The van der Waals surface area contributed by atoms with Gasteiger partial charge in [0.25, 0.3) is 0 Å². The summed E-state index contributed by atoms with van der Waals surface area (Å²) in [5.41, 5.74) is 1.51. The molecule has 0 aromatic heterocycles. The van der Waals surface area contributed by atoms with Gasteiger partial charge in [0.1, 0.15) is 24.4 Å². The standard InChI is InChI=1S/C32H46N4O4S/c1-32(2,3)35-30(38)28(22-24-14-16-26(17-15-24)40-23-25-12-8-7-9-13-25)33-29(37)27(18-21-41-4)34-31(39)36-19-10-5-6-11-20-36/h7-9,12-17,27-28H,5-6,10-11,18-23H2,1-4H3,(H,33,37)(H,34,39)(H,35,38)/t27-,28-/m0/s1. The molecule has 4 amide bonds. The zero-order valence-electron chi connectivity index (χ0n) is 24.9. The number of amides is 4. The second kappa shape index (κ2) is 16.3. The van der Waals surface area contributed by atoms with Crippen LogP contribution in [0.2, 0.25) is 0 Å². The number of urea groups is 1. The van der Waals surface area contributed by atoms with Crippen molar-refractivity contribution in [3.05, 3.63) is 65.7 Å². The highest BCUT2D eigenvalue weighted by Crippen LogP contribution is 2.16. The monoisotopic (exact) mass is 582 g/mol. The van der Waals surface area contributed by atoms with Crippen molar-refractivity contribution < 1.29 is 19.1 Å². The first-order valence-corrected chi connectivity index (χ1v) is 16.0. The highest BCUT2D eigenvalue weighted by atomic mass is 32.2. The second-order valence-electron chi connectivity index (χ2n) is 11.6. The summed E-state index contributed by atoms with van der Waals surface area (Å²) >= 11 is 1.62. The van der Waals surface area contributed by atoms with Gasteiger partial charge in [-0.15, -0.1) is 0 Å². The molecule has 3 N–H and O–H groups in total. The van der Waals surface area contributed by atoms with Crippen molar-refractivity contribution >= 4 is 29.6 Å². The van der Waals surface area contributed by atoms with Gasteiger partial charge in [0, 0.05) is 25.0 Å². The smallest absolute Gasteiger partial charge is 0.318 e. The lowest BCUT2D eigenvalue weighted by atomic mass is 10.0. The normalized spacial score (nSPS) is 15.3. The predicted octanol–water partition coefficient (Wildman–Crippen LogP) is 4.91. The molecule has 1 aliphatic heterocycles. The second-order valence-corrected chi connectivity index (χ2v) is 12.6. The van der Waals surface area contributed by atoms with Gasteiger partial charge in [-0.25, -0.2) is 4.79 Å². The van der Waals surface area contributed by atoms with E-state index in [1.807, 2.05) is 81.6 Å². The number of rotatable bonds is 12. The Bertz CT molecular complexity index is 1100. The molecule has 2 aromatic carbocycles. The Labute approximate surface area is 249 Å². The number of thioether (sulfide) groups is 1. The first kappa shape index (κ1) is 32.3. The SMILES string of the molecule is CSCC[C@H](NC(=O)N1CCCCCC1)C(=O)N[C@@H](Cc1ccc(OCc2ccccc2)cc1)C(=O)NC(C)(C)C. The molecule has 1 fully saturated rings. The third-order valence-corrected chi connectivity index (χ3v) is 7.50. The minimum absolute atomic E-state index is 0.213. The van der Waals surface area contributed by atoms with E-state index in [1.165, 1.54) is 0 Å². The molecule has 1 heterocycles. The fourth-order valence-electron chi connectivity index (χ4n) is 4.66. The molecule has 2 atom stereocenters. The van der Waals surface area contributed by atoms with E-state index in [2.05, 4.69) is 16.0 Å². The van der Waals surface area contributed by atoms with Crippen molar-refractivity contribution in [2.75, 3.05) is 25.1 Å².